The van der Waals surface area contributed by atoms with Gasteiger partial charge in [-0.05, 0) is 43.0 Å². The third-order valence-corrected chi connectivity index (χ3v) is 5.44. The van der Waals surface area contributed by atoms with E-state index in [1.54, 1.807) is 48.5 Å². The minimum absolute atomic E-state index is 0.0360. The first-order chi connectivity index (χ1) is 16.5. The zero-order valence-electron chi connectivity index (χ0n) is 18.7. The highest BCUT2D eigenvalue weighted by Gasteiger charge is 2.32. The largest absolute Gasteiger partial charge is 0.492 e. The third kappa shape index (κ3) is 4.76. The van der Waals surface area contributed by atoms with Crippen LogP contribution in [0.5, 0.6) is 5.75 Å². The standard InChI is InChI=1S/C26H24N2O6/c1-2-33-21-13-4-3-12-20(21)27-22(29)16-34-23(30)14-7-15-28-25(31)18-10-5-8-17-9-6-11-19(24(17)18)26(28)32/h3-6,8-13H,2,7,14-16H2,1H3,(H,27,29). The maximum Gasteiger partial charge on any atom is 0.306 e. The van der Waals surface area contributed by atoms with E-state index in [0.29, 0.717) is 34.6 Å². The average molecular weight is 460 g/mol. The predicted molar refractivity (Wildman–Crippen MR) is 126 cm³/mol. The molecule has 0 bridgehead atoms. The van der Waals surface area contributed by atoms with E-state index in [-0.39, 0.29) is 31.2 Å². The SMILES string of the molecule is CCOc1ccccc1NC(=O)COC(=O)CCCN1C(=O)c2cccc3cccc(c23)C1=O. The zero-order valence-corrected chi connectivity index (χ0v) is 18.7. The molecule has 34 heavy (non-hydrogen) atoms. The van der Waals surface area contributed by atoms with Crippen molar-refractivity contribution in [2.45, 2.75) is 19.8 Å². The Morgan fingerprint density at radius 3 is 2.26 bits per heavy atom. The Kier molecular flexibility index (Phi) is 6.87. The molecular formula is C26H24N2O6. The summed E-state index contributed by atoms with van der Waals surface area (Å²) in [7, 11) is 0. The molecule has 8 heteroatoms. The van der Waals surface area contributed by atoms with Gasteiger partial charge in [-0.15, -0.1) is 0 Å². The van der Waals surface area contributed by atoms with Gasteiger partial charge in [-0.1, -0.05) is 36.4 Å². The number of para-hydroxylation sites is 2. The van der Waals surface area contributed by atoms with Crippen LogP contribution in [0.25, 0.3) is 10.8 Å². The van der Waals surface area contributed by atoms with E-state index in [0.717, 1.165) is 10.3 Å². The summed E-state index contributed by atoms with van der Waals surface area (Å²) in [5.41, 5.74) is 1.43. The number of hydrogen-bond acceptors (Lipinski definition) is 6. The first kappa shape index (κ1) is 23.0. The van der Waals surface area contributed by atoms with Gasteiger partial charge in [0.05, 0.1) is 12.3 Å². The van der Waals surface area contributed by atoms with Crippen molar-refractivity contribution in [1.82, 2.24) is 4.90 Å². The summed E-state index contributed by atoms with van der Waals surface area (Å²) < 4.78 is 10.5. The molecule has 0 aliphatic carbocycles. The highest BCUT2D eigenvalue weighted by molar-refractivity contribution is 6.25. The van der Waals surface area contributed by atoms with E-state index in [1.807, 2.05) is 19.1 Å². The average Bonchev–Trinajstić information content (AvgIpc) is 2.84. The van der Waals surface area contributed by atoms with Gasteiger partial charge in [0, 0.05) is 29.5 Å². The molecule has 8 nitrogen and oxygen atoms in total. The van der Waals surface area contributed by atoms with Gasteiger partial charge in [0.1, 0.15) is 5.75 Å². The molecule has 0 saturated heterocycles. The van der Waals surface area contributed by atoms with Crippen LogP contribution < -0.4 is 10.1 Å². The summed E-state index contributed by atoms with van der Waals surface area (Å²) in [4.78, 5) is 51.2. The number of hydrogen-bond donors (Lipinski definition) is 1. The maximum absolute atomic E-state index is 12.9. The van der Waals surface area contributed by atoms with Gasteiger partial charge in [-0.2, -0.15) is 0 Å². The highest BCUT2D eigenvalue weighted by Crippen LogP contribution is 2.30. The summed E-state index contributed by atoms with van der Waals surface area (Å²) in [6.45, 7) is 1.91. The van der Waals surface area contributed by atoms with E-state index in [1.165, 1.54) is 0 Å². The molecule has 174 valence electrons. The molecule has 0 aromatic heterocycles. The Bertz CT molecular complexity index is 1220. The molecule has 3 amide bonds. The summed E-state index contributed by atoms with van der Waals surface area (Å²) >= 11 is 0. The molecule has 3 aromatic rings. The molecule has 1 N–H and O–H groups in total. The summed E-state index contributed by atoms with van der Waals surface area (Å²) in [6.07, 6.45) is 0.189. The monoisotopic (exact) mass is 460 g/mol. The van der Waals surface area contributed by atoms with Crippen LogP contribution in [0.2, 0.25) is 0 Å². The number of esters is 1. The lowest BCUT2D eigenvalue weighted by Crippen LogP contribution is -2.41. The van der Waals surface area contributed by atoms with Gasteiger partial charge in [-0.25, -0.2) is 0 Å². The lowest BCUT2D eigenvalue weighted by molar-refractivity contribution is -0.147. The van der Waals surface area contributed by atoms with Crippen LogP contribution >= 0.6 is 0 Å². The van der Waals surface area contributed by atoms with E-state index in [9.17, 15) is 19.2 Å². The van der Waals surface area contributed by atoms with Gasteiger partial charge in [-0.3, -0.25) is 24.1 Å². The maximum atomic E-state index is 12.9. The number of benzene rings is 3. The molecule has 1 aliphatic heterocycles. The first-order valence-electron chi connectivity index (χ1n) is 11.0. The van der Waals surface area contributed by atoms with Crippen molar-refractivity contribution in [2.24, 2.45) is 0 Å². The molecule has 0 atom stereocenters. The second-order valence-corrected chi connectivity index (χ2v) is 7.71. The molecule has 0 radical (unpaired) electrons. The van der Waals surface area contributed by atoms with E-state index < -0.39 is 18.5 Å². The molecule has 1 heterocycles. The van der Waals surface area contributed by atoms with E-state index in [2.05, 4.69) is 5.32 Å². The van der Waals surface area contributed by atoms with Crippen molar-refractivity contribution < 1.29 is 28.7 Å². The fraction of sp³-hybridized carbons (Fsp3) is 0.231. The summed E-state index contributed by atoms with van der Waals surface area (Å²) in [5, 5.41) is 4.15. The summed E-state index contributed by atoms with van der Waals surface area (Å²) in [6, 6.07) is 17.6. The minimum Gasteiger partial charge on any atom is -0.492 e. The lowest BCUT2D eigenvalue weighted by Gasteiger charge is -2.27. The molecule has 0 fully saturated rings. The number of nitrogens with zero attached hydrogens (tertiary/aromatic N) is 1. The smallest absolute Gasteiger partial charge is 0.306 e. The van der Waals surface area contributed by atoms with Crippen LogP contribution in [0, 0.1) is 0 Å². The third-order valence-electron chi connectivity index (χ3n) is 5.44. The minimum atomic E-state index is -0.590. The number of nitrogens with one attached hydrogen (secondary N) is 1. The molecular weight excluding hydrogens is 436 g/mol. The molecule has 3 aromatic carbocycles. The fourth-order valence-electron chi connectivity index (χ4n) is 3.92. The molecule has 0 spiro atoms. The van der Waals surface area contributed by atoms with Crippen LogP contribution in [-0.4, -0.2) is 48.3 Å². The number of carbonyl (C=O) groups excluding carboxylic acids is 4. The zero-order chi connectivity index (χ0) is 24.1. The van der Waals surface area contributed by atoms with Crippen molar-refractivity contribution in [2.75, 3.05) is 25.1 Å². The number of carbonyl (C=O) groups is 4. The number of anilines is 1. The van der Waals surface area contributed by atoms with Gasteiger partial charge in [0.2, 0.25) is 0 Å². The Hall–Kier alpha value is -4.20. The lowest BCUT2D eigenvalue weighted by atomic mass is 9.94. The normalized spacial score (nSPS) is 12.6. The number of rotatable bonds is 9. The van der Waals surface area contributed by atoms with E-state index >= 15 is 0 Å². The van der Waals surface area contributed by atoms with Crippen molar-refractivity contribution in [3.05, 3.63) is 71.8 Å². The van der Waals surface area contributed by atoms with Crippen molar-refractivity contribution in [3.8, 4) is 5.75 Å². The van der Waals surface area contributed by atoms with Crippen molar-refractivity contribution >= 4 is 40.2 Å². The van der Waals surface area contributed by atoms with Gasteiger partial charge in [0.25, 0.3) is 17.7 Å². The van der Waals surface area contributed by atoms with Crippen molar-refractivity contribution in [3.63, 3.8) is 0 Å². The molecule has 4 rings (SSSR count). The second-order valence-electron chi connectivity index (χ2n) is 7.71. The quantitative estimate of drug-likeness (QED) is 0.385. The van der Waals surface area contributed by atoms with Crippen LogP contribution in [0.3, 0.4) is 0 Å². The summed E-state index contributed by atoms with van der Waals surface area (Å²) in [5.74, 6) is -1.32. The van der Waals surface area contributed by atoms with Crippen molar-refractivity contribution in [1.29, 1.82) is 0 Å². The fourth-order valence-corrected chi connectivity index (χ4v) is 3.92. The van der Waals surface area contributed by atoms with Crippen LogP contribution in [0.4, 0.5) is 5.69 Å². The predicted octanol–water partition coefficient (Wildman–Crippen LogP) is 3.80. The molecule has 0 unspecified atom stereocenters. The Labute approximate surface area is 196 Å². The van der Waals surface area contributed by atoms with E-state index in [4.69, 9.17) is 9.47 Å². The Balaban J connectivity index is 1.28. The van der Waals surface area contributed by atoms with Gasteiger partial charge < -0.3 is 14.8 Å². The topological polar surface area (TPSA) is 102 Å². The van der Waals surface area contributed by atoms with Crippen LogP contribution in [0.15, 0.2) is 60.7 Å². The molecule has 1 aliphatic rings. The number of amides is 3. The van der Waals surface area contributed by atoms with Crippen LogP contribution in [-0.2, 0) is 14.3 Å². The molecule has 0 saturated carbocycles. The Morgan fingerprint density at radius 2 is 1.59 bits per heavy atom. The van der Waals surface area contributed by atoms with Gasteiger partial charge in [0.15, 0.2) is 6.61 Å². The van der Waals surface area contributed by atoms with Crippen LogP contribution in [0.1, 0.15) is 40.5 Å². The first-order valence-corrected chi connectivity index (χ1v) is 11.0. The number of ether oxygens (including phenoxy) is 2. The Morgan fingerprint density at radius 1 is 0.912 bits per heavy atom. The number of imide groups is 1. The highest BCUT2D eigenvalue weighted by atomic mass is 16.5. The second kappa shape index (κ2) is 10.2. The van der Waals surface area contributed by atoms with Gasteiger partial charge >= 0.3 is 5.97 Å².